The fraction of sp³-hybridized carbons (Fsp3) is 0.889. The van der Waals surface area contributed by atoms with Gasteiger partial charge in [0, 0.05) is 18.8 Å². The van der Waals surface area contributed by atoms with Crippen LogP contribution in [0, 0.1) is 5.92 Å². The third kappa shape index (κ3) is 8.19. The average molecular weight is 220 g/mol. The van der Waals surface area contributed by atoms with Crippen LogP contribution in [0.5, 0.6) is 0 Å². The van der Waals surface area contributed by atoms with Gasteiger partial charge in [0.2, 0.25) is 10.0 Å². The second-order valence-corrected chi connectivity index (χ2v) is 5.53. The van der Waals surface area contributed by atoms with Crippen LogP contribution < -0.4 is 4.72 Å². The van der Waals surface area contributed by atoms with E-state index >= 15 is 0 Å². The van der Waals surface area contributed by atoms with Gasteiger partial charge in [-0.15, -0.1) is 0 Å². The molecule has 5 heteroatoms. The Morgan fingerprint density at radius 2 is 2.00 bits per heavy atom. The number of rotatable bonds is 6. The van der Waals surface area contributed by atoms with Crippen molar-refractivity contribution in [2.75, 3.05) is 19.3 Å². The molecule has 0 atom stereocenters. The Hall–Kier alpha value is -0.420. The van der Waals surface area contributed by atoms with E-state index in [4.69, 9.17) is 0 Å². The van der Waals surface area contributed by atoms with Crippen molar-refractivity contribution < 1.29 is 8.42 Å². The minimum absolute atomic E-state index is 0.466. The van der Waals surface area contributed by atoms with Gasteiger partial charge in [-0.2, -0.15) is 0 Å². The van der Waals surface area contributed by atoms with E-state index in [2.05, 4.69) is 23.6 Å². The second kappa shape index (κ2) is 6.14. The molecule has 0 radical (unpaired) electrons. The summed E-state index contributed by atoms with van der Waals surface area (Å²) in [5.41, 5.74) is 1.12. The molecule has 0 rings (SSSR count). The summed E-state index contributed by atoms with van der Waals surface area (Å²) in [4.78, 5) is 4.33. The van der Waals surface area contributed by atoms with Crippen LogP contribution in [0.4, 0.5) is 0 Å². The molecule has 0 spiro atoms. The maximum atomic E-state index is 10.7. The van der Waals surface area contributed by atoms with Gasteiger partial charge in [0.15, 0.2) is 0 Å². The summed E-state index contributed by atoms with van der Waals surface area (Å²) in [6.07, 6.45) is 1.91. The first-order valence-corrected chi connectivity index (χ1v) is 6.67. The molecule has 0 bridgehead atoms. The lowest BCUT2D eigenvalue weighted by atomic mass is 10.1. The molecule has 0 aromatic heterocycles. The van der Waals surface area contributed by atoms with Gasteiger partial charge in [-0.3, -0.25) is 4.99 Å². The van der Waals surface area contributed by atoms with Crippen LogP contribution in [0.25, 0.3) is 0 Å². The molecule has 0 heterocycles. The molecule has 0 aliphatic heterocycles. The largest absolute Gasteiger partial charge is 0.294 e. The third-order valence-electron chi connectivity index (χ3n) is 1.90. The van der Waals surface area contributed by atoms with Gasteiger partial charge in [0.05, 0.1) is 6.26 Å². The minimum atomic E-state index is -3.04. The molecule has 0 aliphatic carbocycles. The Morgan fingerprint density at radius 3 is 2.43 bits per heavy atom. The summed E-state index contributed by atoms with van der Waals surface area (Å²) >= 11 is 0. The minimum Gasteiger partial charge on any atom is -0.294 e. The van der Waals surface area contributed by atoms with Crippen molar-refractivity contribution in [2.45, 2.75) is 27.2 Å². The van der Waals surface area contributed by atoms with E-state index in [1.165, 1.54) is 0 Å². The molecule has 4 nitrogen and oxygen atoms in total. The molecule has 0 saturated carbocycles. The highest BCUT2D eigenvalue weighted by Crippen LogP contribution is 1.96. The van der Waals surface area contributed by atoms with Crippen LogP contribution in [-0.4, -0.2) is 33.5 Å². The number of sulfonamides is 1. The van der Waals surface area contributed by atoms with E-state index in [1.807, 2.05) is 6.92 Å². The number of aliphatic imine (C=N–C) groups is 1. The molecule has 0 aromatic rings. The van der Waals surface area contributed by atoms with E-state index < -0.39 is 10.0 Å². The van der Waals surface area contributed by atoms with Crippen molar-refractivity contribution in [2.24, 2.45) is 10.9 Å². The van der Waals surface area contributed by atoms with Gasteiger partial charge >= 0.3 is 0 Å². The SMILES string of the molecule is CC(=NCCCNS(C)(=O)=O)C(C)C. The zero-order valence-corrected chi connectivity index (χ0v) is 10.2. The lowest BCUT2D eigenvalue weighted by Crippen LogP contribution is -2.23. The molecule has 84 valence electrons. The first-order chi connectivity index (χ1) is 6.33. The third-order valence-corrected chi connectivity index (χ3v) is 2.62. The fourth-order valence-corrected chi connectivity index (χ4v) is 1.29. The van der Waals surface area contributed by atoms with Crippen LogP contribution in [0.2, 0.25) is 0 Å². The summed E-state index contributed by atoms with van der Waals surface area (Å²) < 4.78 is 23.8. The van der Waals surface area contributed by atoms with Crippen molar-refractivity contribution in [3.63, 3.8) is 0 Å². The Bertz CT molecular complexity index is 281. The highest BCUT2D eigenvalue weighted by Gasteiger charge is 1.99. The zero-order valence-electron chi connectivity index (χ0n) is 9.37. The molecular weight excluding hydrogens is 200 g/mol. The van der Waals surface area contributed by atoms with Crippen molar-refractivity contribution >= 4 is 15.7 Å². The average Bonchev–Trinajstić information content (AvgIpc) is 2.01. The van der Waals surface area contributed by atoms with Crippen LogP contribution in [0.3, 0.4) is 0 Å². The van der Waals surface area contributed by atoms with Gasteiger partial charge < -0.3 is 0 Å². The molecule has 0 saturated heterocycles. The van der Waals surface area contributed by atoms with E-state index in [-0.39, 0.29) is 0 Å². The molecule has 1 N–H and O–H groups in total. The van der Waals surface area contributed by atoms with Crippen LogP contribution in [0.1, 0.15) is 27.2 Å². The Labute approximate surface area is 86.9 Å². The molecule has 0 aromatic carbocycles. The van der Waals surface area contributed by atoms with Gasteiger partial charge in [-0.1, -0.05) is 13.8 Å². The number of nitrogens with zero attached hydrogens (tertiary/aromatic N) is 1. The summed E-state index contributed by atoms with van der Waals surface area (Å²) in [5, 5.41) is 0. The normalized spacial score (nSPS) is 13.6. The molecule has 0 fully saturated rings. The van der Waals surface area contributed by atoms with Crippen LogP contribution >= 0.6 is 0 Å². The standard InChI is InChI=1S/C9H20N2O2S/c1-8(2)9(3)10-6-5-7-11-14(4,12)13/h8,11H,5-7H2,1-4H3. The number of hydrogen-bond acceptors (Lipinski definition) is 3. The van der Waals surface area contributed by atoms with E-state index in [0.717, 1.165) is 18.4 Å². The molecule has 0 aliphatic rings. The van der Waals surface area contributed by atoms with Crippen LogP contribution in [-0.2, 0) is 10.0 Å². The first-order valence-electron chi connectivity index (χ1n) is 4.78. The Morgan fingerprint density at radius 1 is 1.43 bits per heavy atom. The summed E-state index contributed by atoms with van der Waals surface area (Å²) in [6.45, 7) is 7.33. The quantitative estimate of drug-likeness (QED) is 0.537. The summed E-state index contributed by atoms with van der Waals surface area (Å²) in [5.74, 6) is 0.470. The Balaban J connectivity index is 3.62. The monoisotopic (exact) mass is 220 g/mol. The molecular formula is C9H20N2O2S. The molecule has 14 heavy (non-hydrogen) atoms. The highest BCUT2D eigenvalue weighted by molar-refractivity contribution is 7.88. The van der Waals surface area contributed by atoms with Gasteiger partial charge in [-0.25, -0.2) is 13.1 Å². The smallest absolute Gasteiger partial charge is 0.208 e. The highest BCUT2D eigenvalue weighted by atomic mass is 32.2. The van der Waals surface area contributed by atoms with Gasteiger partial charge in [0.25, 0.3) is 0 Å². The number of hydrogen-bond donors (Lipinski definition) is 1. The van der Waals surface area contributed by atoms with E-state index in [9.17, 15) is 8.42 Å². The maximum Gasteiger partial charge on any atom is 0.208 e. The van der Waals surface area contributed by atoms with Crippen molar-refractivity contribution in [3.8, 4) is 0 Å². The van der Waals surface area contributed by atoms with E-state index in [0.29, 0.717) is 19.0 Å². The topological polar surface area (TPSA) is 58.5 Å². The second-order valence-electron chi connectivity index (χ2n) is 3.70. The van der Waals surface area contributed by atoms with E-state index in [1.54, 1.807) is 0 Å². The van der Waals surface area contributed by atoms with Gasteiger partial charge in [-0.05, 0) is 19.3 Å². The lowest BCUT2D eigenvalue weighted by Gasteiger charge is -2.04. The predicted molar refractivity (Wildman–Crippen MR) is 60.3 cm³/mol. The lowest BCUT2D eigenvalue weighted by molar-refractivity contribution is 0.585. The molecule has 0 amide bonds. The fourth-order valence-electron chi connectivity index (χ4n) is 0.775. The van der Waals surface area contributed by atoms with Crippen molar-refractivity contribution in [1.82, 2.24) is 4.72 Å². The molecule has 0 unspecified atom stereocenters. The predicted octanol–water partition coefficient (Wildman–Crippen LogP) is 1.04. The number of nitrogens with one attached hydrogen (secondary N) is 1. The first kappa shape index (κ1) is 13.6. The Kier molecular flexibility index (Phi) is 5.95. The van der Waals surface area contributed by atoms with Gasteiger partial charge in [0.1, 0.15) is 0 Å². The summed E-state index contributed by atoms with van der Waals surface area (Å²) in [7, 11) is -3.04. The summed E-state index contributed by atoms with van der Waals surface area (Å²) in [6, 6.07) is 0. The van der Waals surface area contributed by atoms with Crippen LogP contribution in [0.15, 0.2) is 4.99 Å². The van der Waals surface area contributed by atoms with Crippen molar-refractivity contribution in [1.29, 1.82) is 0 Å². The maximum absolute atomic E-state index is 10.7. The zero-order chi connectivity index (χ0) is 11.2. The van der Waals surface area contributed by atoms with Crippen molar-refractivity contribution in [3.05, 3.63) is 0 Å².